The third-order valence-electron chi connectivity index (χ3n) is 3.31. The van der Waals surface area contributed by atoms with Crippen molar-refractivity contribution < 1.29 is 51.7 Å². The van der Waals surface area contributed by atoms with Gasteiger partial charge in [0, 0.05) is 85.6 Å². The van der Waals surface area contributed by atoms with E-state index in [9.17, 15) is 0 Å². The molecule has 0 N–H and O–H groups in total. The minimum absolute atomic E-state index is 0. The Morgan fingerprint density at radius 2 is 0.435 bits per heavy atom. The Kier molecular flexibility index (Phi) is 31.8. The van der Waals surface area contributed by atoms with E-state index in [0.29, 0.717) is 0 Å². The molecule has 4 heterocycles. The smallest absolute Gasteiger partial charge is 0.0643 e. The summed E-state index contributed by atoms with van der Waals surface area (Å²) >= 11 is 0. The van der Waals surface area contributed by atoms with E-state index in [-0.39, 0.29) is 49.5 Å². The monoisotopic (exact) mass is 403 g/mol. The van der Waals surface area contributed by atoms with Crippen LogP contribution in [0.5, 0.6) is 0 Å². The van der Waals surface area contributed by atoms with Gasteiger partial charge >= 0.3 is 0 Å². The van der Waals surface area contributed by atoms with Gasteiger partial charge in [0.05, 0.1) is 16.8 Å². The van der Waals surface area contributed by atoms with Crippen molar-refractivity contribution in [1.29, 1.82) is 0 Å². The molecule has 3 radical (unpaired) electrons. The molecule has 0 atom stereocenters. The molecule has 4 aliphatic rings. The Morgan fingerprint density at radius 3 is 0.478 bits per heavy atom. The van der Waals surface area contributed by atoms with Gasteiger partial charge in [0.1, 0.15) is 0 Å². The average Bonchev–Trinajstić information content (AvgIpc) is 3.40. The molecule has 7 heteroatoms. The quantitative estimate of drug-likeness (QED) is 0.573. The number of rotatable bonds is 0. The van der Waals surface area contributed by atoms with Gasteiger partial charge in [0.15, 0.2) is 0 Å². The van der Waals surface area contributed by atoms with Gasteiger partial charge in [-0.1, -0.05) is 0 Å². The molecular weight excluding hydrogens is 367 g/mol. The molecule has 0 aromatic rings. The van der Waals surface area contributed by atoms with Crippen molar-refractivity contribution >= 4 is 16.8 Å². The molecule has 0 amide bonds. The summed E-state index contributed by atoms with van der Waals surface area (Å²) in [6.45, 7) is 8.00. The minimum atomic E-state index is 0. The summed E-state index contributed by atoms with van der Waals surface area (Å²) < 4.78 is 19.8. The van der Waals surface area contributed by atoms with Gasteiger partial charge in [-0.05, 0) is 51.4 Å². The zero-order valence-electron chi connectivity index (χ0n) is 15.5. The Bertz CT molecular complexity index is 116. The molecule has 0 spiro atoms. The standard InChI is InChI=1S/4C4H8O.2BH2.Y/c4*1-2-4-5-3-1;;;/h4*1-4H2;2*1H2;. The number of hydrogen-bond donors (Lipinski definition) is 0. The van der Waals surface area contributed by atoms with E-state index in [1.54, 1.807) is 0 Å². The van der Waals surface area contributed by atoms with Crippen LogP contribution in [0.2, 0.25) is 0 Å². The maximum Gasteiger partial charge on any atom is 0.0643 e. The second-order valence-corrected chi connectivity index (χ2v) is 5.28. The van der Waals surface area contributed by atoms with Crippen molar-refractivity contribution in [3.8, 4) is 0 Å². The zero-order valence-corrected chi connectivity index (χ0v) is 18.4. The van der Waals surface area contributed by atoms with E-state index in [4.69, 9.17) is 18.9 Å². The SMILES string of the molecule is C1CCOC1.C1CCOC1.C1CCOC1.C1CCOC1.[BH2].[BH2].[Y]. The van der Waals surface area contributed by atoms with Gasteiger partial charge in [-0.3, -0.25) is 0 Å². The van der Waals surface area contributed by atoms with Crippen LogP contribution in [-0.2, 0) is 51.7 Å². The predicted molar refractivity (Wildman–Crippen MR) is 97.3 cm³/mol. The van der Waals surface area contributed by atoms with Gasteiger partial charge in [0.25, 0.3) is 0 Å². The maximum absolute atomic E-state index is 4.94. The summed E-state index contributed by atoms with van der Waals surface area (Å²) in [5, 5.41) is 0. The third-order valence-corrected chi connectivity index (χ3v) is 3.31. The molecule has 0 bridgehead atoms. The Balaban J connectivity index is -0.000000222. The summed E-state index contributed by atoms with van der Waals surface area (Å²) in [4.78, 5) is 0. The number of ether oxygens (including phenoxy) is 4. The topological polar surface area (TPSA) is 36.9 Å². The Hall–Kier alpha value is 1.07. The third kappa shape index (κ3) is 23.1. The Labute approximate surface area is 172 Å². The minimum Gasteiger partial charge on any atom is -0.381 e. The van der Waals surface area contributed by atoms with Crippen LogP contribution in [0.25, 0.3) is 0 Å². The average molecular weight is 403 g/mol. The van der Waals surface area contributed by atoms with Gasteiger partial charge in [-0.2, -0.15) is 0 Å². The summed E-state index contributed by atoms with van der Waals surface area (Å²) in [5.74, 6) is 0. The normalized spacial score (nSPS) is 20.9. The van der Waals surface area contributed by atoms with Crippen LogP contribution in [-0.4, -0.2) is 69.7 Å². The van der Waals surface area contributed by atoms with Crippen LogP contribution < -0.4 is 0 Å². The molecule has 4 nitrogen and oxygen atoms in total. The van der Waals surface area contributed by atoms with Crippen molar-refractivity contribution in [2.75, 3.05) is 52.9 Å². The van der Waals surface area contributed by atoms with E-state index in [1.807, 2.05) is 0 Å². The molecular formula is C16H36B2O4Y. The van der Waals surface area contributed by atoms with E-state index in [0.717, 1.165) is 52.9 Å². The predicted octanol–water partition coefficient (Wildman–Crippen LogP) is 1.35. The van der Waals surface area contributed by atoms with Crippen LogP contribution in [0, 0.1) is 0 Å². The molecule has 4 fully saturated rings. The van der Waals surface area contributed by atoms with Crippen molar-refractivity contribution in [1.82, 2.24) is 0 Å². The van der Waals surface area contributed by atoms with Crippen molar-refractivity contribution in [2.45, 2.75) is 51.4 Å². The van der Waals surface area contributed by atoms with Crippen molar-refractivity contribution in [3.63, 3.8) is 0 Å². The van der Waals surface area contributed by atoms with Crippen LogP contribution in [0.15, 0.2) is 0 Å². The van der Waals surface area contributed by atoms with Gasteiger partial charge in [-0.15, -0.1) is 0 Å². The second kappa shape index (κ2) is 25.3. The molecule has 4 aliphatic heterocycles. The molecule has 0 saturated carbocycles. The first kappa shape index (κ1) is 28.9. The maximum atomic E-state index is 4.94. The molecule has 0 aromatic carbocycles. The fraction of sp³-hybridized carbons (Fsp3) is 1.00. The first-order chi connectivity index (χ1) is 10.0. The fourth-order valence-electron chi connectivity index (χ4n) is 2.04. The van der Waals surface area contributed by atoms with E-state index >= 15 is 0 Å². The summed E-state index contributed by atoms with van der Waals surface area (Å²) in [7, 11) is 0. The number of hydrogen-bond acceptors (Lipinski definition) is 4. The van der Waals surface area contributed by atoms with Gasteiger partial charge in [0.2, 0.25) is 0 Å². The van der Waals surface area contributed by atoms with Crippen molar-refractivity contribution in [3.05, 3.63) is 0 Å². The summed E-state index contributed by atoms with van der Waals surface area (Å²) in [5.41, 5.74) is 0. The van der Waals surface area contributed by atoms with Gasteiger partial charge in [-0.25, -0.2) is 0 Å². The van der Waals surface area contributed by atoms with E-state index < -0.39 is 0 Å². The molecule has 0 aliphatic carbocycles. The van der Waals surface area contributed by atoms with E-state index in [1.165, 1.54) is 51.4 Å². The molecule has 133 valence electrons. The first-order valence-corrected chi connectivity index (χ1v) is 8.31. The van der Waals surface area contributed by atoms with Crippen LogP contribution in [0.4, 0.5) is 0 Å². The summed E-state index contributed by atoms with van der Waals surface area (Å²) in [6, 6.07) is 0. The molecule has 23 heavy (non-hydrogen) atoms. The molecule has 0 unspecified atom stereocenters. The fourth-order valence-corrected chi connectivity index (χ4v) is 2.04. The Morgan fingerprint density at radius 1 is 0.304 bits per heavy atom. The van der Waals surface area contributed by atoms with Crippen molar-refractivity contribution in [2.24, 2.45) is 0 Å². The summed E-state index contributed by atoms with van der Waals surface area (Å²) in [6.07, 6.45) is 10.2. The van der Waals surface area contributed by atoms with Crippen LogP contribution in [0.1, 0.15) is 51.4 Å². The van der Waals surface area contributed by atoms with Crippen LogP contribution >= 0.6 is 0 Å². The largest absolute Gasteiger partial charge is 0.381 e. The molecule has 4 saturated heterocycles. The molecule has 4 rings (SSSR count). The molecule has 0 aromatic heterocycles. The second-order valence-electron chi connectivity index (χ2n) is 5.28. The first-order valence-electron chi connectivity index (χ1n) is 8.31. The van der Waals surface area contributed by atoms with Gasteiger partial charge < -0.3 is 18.9 Å². The van der Waals surface area contributed by atoms with Crippen LogP contribution in [0.3, 0.4) is 0 Å². The van der Waals surface area contributed by atoms with E-state index in [2.05, 4.69) is 0 Å². The zero-order chi connectivity index (χ0) is 14.1.